The molecule has 1 aliphatic rings. The summed E-state index contributed by atoms with van der Waals surface area (Å²) in [5.41, 5.74) is 0.532. The smallest absolute Gasteiger partial charge is 0.271 e. The standard InChI is InChI=1S/C23H48O3S.C3H3NO/c1-3-4-5-6-7-8-9-10-11-12-13-14-15-16-17-18-19-20-21-22-23-27(24,25)26-2;1-2-3(5)4-2/h3-23H2,1-2H3;1H2,(H,4,5). The van der Waals surface area contributed by atoms with Gasteiger partial charge in [-0.25, -0.2) is 0 Å². The Morgan fingerprint density at radius 3 is 1.12 bits per heavy atom. The number of hydrogen-bond donors (Lipinski definition) is 1. The van der Waals surface area contributed by atoms with Crippen LogP contribution in [0.4, 0.5) is 0 Å². The van der Waals surface area contributed by atoms with E-state index in [0.717, 1.165) is 19.3 Å². The van der Waals surface area contributed by atoms with Gasteiger partial charge in [0.2, 0.25) is 0 Å². The zero-order chi connectivity index (χ0) is 23.9. The minimum Gasteiger partial charge on any atom is -0.317 e. The number of amides is 1. The highest BCUT2D eigenvalue weighted by Gasteiger charge is 2.20. The minimum absolute atomic E-state index is 0.0231. The molecule has 1 heterocycles. The molecule has 1 N–H and O–H groups in total. The first-order valence-corrected chi connectivity index (χ1v) is 14.8. The summed E-state index contributed by atoms with van der Waals surface area (Å²) in [6.07, 6.45) is 26.7. The van der Waals surface area contributed by atoms with Crippen LogP contribution in [-0.4, -0.2) is 27.2 Å². The largest absolute Gasteiger partial charge is 0.317 e. The normalized spacial score (nSPS) is 12.9. The van der Waals surface area contributed by atoms with Crippen LogP contribution in [-0.2, 0) is 19.1 Å². The fourth-order valence-electron chi connectivity index (χ4n) is 3.72. The van der Waals surface area contributed by atoms with Gasteiger partial charge in [-0.2, -0.15) is 8.42 Å². The Bertz CT molecular complexity index is 548. The van der Waals surface area contributed by atoms with Crippen LogP contribution in [0, 0.1) is 0 Å². The molecule has 1 fully saturated rings. The average Bonchev–Trinajstić information content (AvgIpc) is 3.44. The predicted octanol–water partition coefficient (Wildman–Crippen LogP) is 7.41. The Labute approximate surface area is 199 Å². The second-order valence-electron chi connectivity index (χ2n) is 9.08. The van der Waals surface area contributed by atoms with Crippen molar-refractivity contribution in [1.29, 1.82) is 0 Å². The molecule has 0 atom stereocenters. The Hall–Kier alpha value is -0.880. The van der Waals surface area contributed by atoms with E-state index in [9.17, 15) is 13.2 Å². The second-order valence-corrected chi connectivity index (χ2v) is 10.9. The van der Waals surface area contributed by atoms with Crippen molar-refractivity contribution in [3.63, 3.8) is 0 Å². The van der Waals surface area contributed by atoms with Gasteiger partial charge in [-0.1, -0.05) is 135 Å². The third-order valence-electron chi connectivity index (χ3n) is 5.98. The van der Waals surface area contributed by atoms with Gasteiger partial charge in [-0.3, -0.25) is 8.98 Å². The van der Waals surface area contributed by atoms with Crippen molar-refractivity contribution in [3.8, 4) is 0 Å². The quantitative estimate of drug-likeness (QED) is 0.0767. The molecule has 1 aliphatic heterocycles. The summed E-state index contributed by atoms with van der Waals surface area (Å²) in [4.78, 5) is 9.68. The van der Waals surface area contributed by atoms with E-state index in [0.29, 0.717) is 5.70 Å². The second kappa shape index (κ2) is 21.9. The van der Waals surface area contributed by atoms with Gasteiger partial charge in [0.15, 0.2) is 0 Å². The highest BCUT2D eigenvalue weighted by atomic mass is 32.2. The van der Waals surface area contributed by atoms with Crippen LogP contribution in [0.15, 0.2) is 12.3 Å². The summed E-state index contributed by atoms with van der Waals surface area (Å²) in [7, 11) is -2.00. The molecular formula is C26H51NO4S. The van der Waals surface area contributed by atoms with Crippen LogP contribution in [0.3, 0.4) is 0 Å². The monoisotopic (exact) mass is 473 g/mol. The van der Waals surface area contributed by atoms with E-state index in [-0.39, 0.29) is 11.7 Å². The average molecular weight is 474 g/mol. The van der Waals surface area contributed by atoms with E-state index in [2.05, 4.69) is 23.0 Å². The lowest BCUT2D eigenvalue weighted by Gasteiger charge is -2.04. The lowest BCUT2D eigenvalue weighted by molar-refractivity contribution is -0.109. The van der Waals surface area contributed by atoms with Crippen molar-refractivity contribution in [3.05, 3.63) is 12.3 Å². The van der Waals surface area contributed by atoms with Gasteiger partial charge in [-0.15, -0.1) is 0 Å². The first kappa shape index (κ1) is 31.1. The molecule has 190 valence electrons. The van der Waals surface area contributed by atoms with E-state index in [1.54, 1.807) is 0 Å². The van der Waals surface area contributed by atoms with Gasteiger partial charge < -0.3 is 5.32 Å². The van der Waals surface area contributed by atoms with Gasteiger partial charge in [0.25, 0.3) is 16.0 Å². The molecular weight excluding hydrogens is 422 g/mol. The summed E-state index contributed by atoms with van der Waals surface area (Å²) >= 11 is 0. The molecule has 0 bridgehead atoms. The third-order valence-corrected chi connectivity index (χ3v) is 7.27. The van der Waals surface area contributed by atoms with E-state index in [1.165, 1.54) is 116 Å². The molecule has 1 rings (SSSR count). The van der Waals surface area contributed by atoms with E-state index >= 15 is 0 Å². The van der Waals surface area contributed by atoms with Crippen LogP contribution in [0.1, 0.15) is 135 Å². The molecule has 1 saturated heterocycles. The summed E-state index contributed by atoms with van der Waals surface area (Å²) in [6, 6.07) is 0. The summed E-state index contributed by atoms with van der Waals surface area (Å²) in [5, 5.41) is 2.36. The number of carbonyl (C=O) groups excluding carboxylic acids is 1. The van der Waals surface area contributed by atoms with E-state index < -0.39 is 10.1 Å². The predicted molar refractivity (Wildman–Crippen MR) is 136 cm³/mol. The molecule has 5 nitrogen and oxygen atoms in total. The Balaban J connectivity index is 0.00000167. The molecule has 0 saturated carbocycles. The molecule has 0 aromatic heterocycles. The zero-order valence-electron chi connectivity index (χ0n) is 21.1. The Morgan fingerprint density at radius 1 is 0.656 bits per heavy atom. The van der Waals surface area contributed by atoms with Crippen molar-refractivity contribution < 1.29 is 17.4 Å². The number of rotatable bonds is 22. The van der Waals surface area contributed by atoms with Gasteiger partial charge in [0, 0.05) is 0 Å². The highest BCUT2D eigenvalue weighted by Crippen LogP contribution is 2.15. The maximum atomic E-state index is 11.2. The van der Waals surface area contributed by atoms with Crippen LogP contribution >= 0.6 is 0 Å². The minimum atomic E-state index is -3.24. The lowest BCUT2D eigenvalue weighted by Crippen LogP contribution is -2.07. The van der Waals surface area contributed by atoms with Gasteiger partial charge in [0.05, 0.1) is 18.6 Å². The van der Waals surface area contributed by atoms with Crippen LogP contribution in [0.2, 0.25) is 0 Å². The van der Waals surface area contributed by atoms with Gasteiger partial charge in [0.1, 0.15) is 0 Å². The first-order chi connectivity index (χ1) is 15.4. The summed E-state index contributed by atoms with van der Waals surface area (Å²) in [6.45, 7) is 5.57. The van der Waals surface area contributed by atoms with Crippen molar-refractivity contribution in [2.24, 2.45) is 0 Å². The van der Waals surface area contributed by atoms with Crippen molar-refractivity contribution in [2.75, 3.05) is 12.9 Å². The van der Waals surface area contributed by atoms with Gasteiger partial charge >= 0.3 is 0 Å². The third kappa shape index (κ3) is 23.8. The molecule has 0 aliphatic carbocycles. The number of unbranched alkanes of at least 4 members (excludes halogenated alkanes) is 19. The molecule has 0 aromatic rings. The molecule has 32 heavy (non-hydrogen) atoms. The van der Waals surface area contributed by atoms with Crippen molar-refractivity contribution >= 4 is 16.0 Å². The molecule has 0 radical (unpaired) electrons. The van der Waals surface area contributed by atoms with Crippen molar-refractivity contribution in [1.82, 2.24) is 5.32 Å². The fraction of sp³-hybridized carbons (Fsp3) is 0.885. The zero-order valence-corrected chi connectivity index (χ0v) is 21.9. The lowest BCUT2D eigenvalue weighted by atomic mass is 10.0. The molecule has 0 aromatic carbocycles. The van der Waals surface area contributed by atoms with E-state index in [4.69, 9.17) is 0 Å². The fourth-order valence-corrected chi connectivity index (χ4v) is 4.45. The highest BCUT2D eigenvalue weighted by molar-refractivity contribution is 7.86. The first-order valence-electron chi connectivity index (χ1n) is 13.2. The summed E-state index contributed by atoms with van der Waals surface area (Å²) in [5.74, 6) is 0.146. The summed E-state index contributed by atoms with van der Waals surface area (Å²) < 4.78 is 26.8. The number of carbonyl (C=O) groups is 1. The van der Waals surface area contributed by atoms with Crippen LogP contribution in [0.25, 0.3) is 0 Å². The van der Waals surface area contributed by atoms with E-state index in [1.807, 2.05) is 0 Å². The maximum Gasteiger partial charge on any atom is 0.271 e. The van der Waals surface area contributed by atoms with Crippen LogP contribution < -0.4 is 5.32 Å². The SMILES string of the molecule is C=C1NC1=O.CCCCCCCCCCCCCCCCCCCCCCS(=O)(=O)OC. The number of nitrogens with one attached hydrogen (secondary N) is 1. The molecule has 1 amide bonds. The number of hydrogen-bond acceptors (Lipinski definition) is 4. The Morgan fingerprint density at radius 2 is 0.906 bits per heavy atom. The van der Waals surface area contributed by atoms with Crippen molar-refractivity contribution in [2.45, 2.75) is 135 Å². The maximum absolute atomic E-state index is 11.2. The molecule has 0 unspecified atom stereocenters. The molecule has 6 heteroatoms. The Kier molecular flexibility index (Phi) is 21.3. The van der Waals surface area contributed by atoms with Gasteiger partial charge in [-0.05, 0) is 6.42 Å². The topological polar surface area (TPSA) is 82.4 Å². The molecule has 0 spiro atoms. The van der Waals surface area contributed by atoms with Crippen LogP contribution in [0.5, 0.6) is 0 Å².